The second-order valence-corrected chi connectivity index (χ2v) is 8.84. The summed E-state index contributed by atoms with van der Waals surface area (Å²) in [5, 5.41) is 3.06. The summed E-state index contributed by atoms with van der Waals surface area (Å²) in [5.74, 6) is -0.514. The molecule has 1 heterocycles. The molecule has 0 spiro atoms. The van der Waals surface area contributed by atoms with Crippen molar-refractivity contribution in [1.82, 2.24) is 9.62 Å². The van der Waals surface area contributed by atoms with Gasteiger partial charge in [0.25, 0.3) is 0 Å². The maximum absolute atomic E-state index is 12.7. The fraction of sp³-hybridized carbons (Fsp3) is 0.263. The van der Waals surface area contributed by atoms with Crippen LogP contribution in [0.1, 0.15) is 11.1 Å². The SMILES string of the molecule is CN1C(C(=O)N[C@H](C=O)Cc2ccccc2)Cc2cc(Cl)ccc2S1(=O)=O. The maximum Gasteiger partial charge on any atom is 0.243 e. The van der Waals surface area contributed by atoms with Gasteiger partial charge in [-0.25, -0.2) is 8.42 Å². The van der Waals surface area contributed by atoms with Crippen LogP contribution in [0.2, 0.25) is 5.02 Å². The molecule has 0 aliphatic carbocycles. The van der Waals surface area contributed by atoms with E-state index in [9.17, 15) is 18.0 Å². The van der Waals surface area contributed by atoms with Gasteiger partial charge in [-0.15, -0.1) is 0 Å². The van der Waals surface area contributed by atoms with E-state index in [0.29, 0.717) is 23.3 Å². The van der Waals surface area contributed by atoms with Crippen LogP contribution >= 0.6 is 11.6 Å². The summed E-state index contributed by atoms with van der Waals surface area (Å²) in [4.78, 5) is 24.3. The first kappa shape index (κ1) is 19.5. The monoisotopic (exact) mass is 406 g/mol. The van der Waals surface area contributed by atoms with E-state index >= 15 is 0 Å². The zero-order valence-electron chi connectivity index (χ0n) is 14.6. The van der Waals surface area contributed by atoms with Crippen molar-refractivity contribution < 1.29 is 18.0 Å². The quantitative estimate of drug-likeness (QED) is 0.767. The second-order valence-electron chi connectivity index (χ2n) is 6.43. The number of aldehydes is 1. The number of halogens is 1. The Morgan fingerprint density at radius 1 is 1.30 bits per heavy atom. The second kappa shape index (κ2) is 7.80. The van der Waals surface area contributed by atoms with E-state index in [4.69, 9.17) is 11.6 Å². The van der Waals surface area contributed by atoms with E-state index in [1.807, 2.05) is 30.3 Å². The van der Waals surface area contributed by atoms with Gasteiger partial charge >= 0.3 is 0 Å². The molecule has 3 rings (SSSR count). The number of carbonyl (C=O) groups is 2. The third-order valence-electron chi connectivity index (χ3n) is 4.62. The molecule has 0 aromatic heterocycles. The fourth-order valence-corrected chi connectivity index (χ4v) is 4.88. The Hall–Kier alpha value is -2.22. The number of carbonyl (C=O) groups excluding carboxylic acids is 2. The van der Waals surface area contributed by atoms with Crippen LogP contribution in [0.15, 0.2) is 53.4 Å². The molecule has 0 radical (unpaired) electrons. The molecule has 6 nitrogen and oxygen atoms in total. The lowest BCUT2D eigenvalue weighted by Crippen LogP contribution is -2.54. The molecule has 1 aliphatic rings. The van der Waals surface area contributed by atoms with Crippen molar-refractivity contribution in [2.24, 2.45) is 0 Å². The van der Waals surface area contributed by atoms with Gasteiger partial charge < -0.3 is 10.1 Å². The maximum atomic E-state index is 12.7. The number of benzene rings is 2. The van der Waals surface area contributed by atoms with Gasteiger partial charge in [0, 0.05) is 12.1 Å². The van der Waals surface area contributed by atoms with Crippen LogP contribution in [0.4, 0.5) is 0 Å². The van der Waals surface area contributed by atoms with Gasteiger partial charge in [-0.3, -0.25) is 4.79 Å². The zero-order valence-corrected chi connectivity index (χ0v) is 16.2. The standard InChI is InChI=1S/C19H19ClN2O4S/c1-22-17(11-14-10-15(20)7-8-18(14)27(22,25)26)19(24)21-16(12-23)9-13-5-3-2-4-6-13/h2-8,10,12,16-17H,9,11H2,1H3,(H,21,24)/t16-,17?/m0/s1. The molecule has 27 heavy (non-hydrogen) atoms. The number of fused-ring (bicyclic) bond motifs is 1. The number of nitrogens with one attached hydrogen (secondary N) is 1. The molecule has 2 aromatic carbocycles. The molecular weight excluding hydrogens is 388 g/mol. The number of hydrogen-bond donors (Lipinski definition) is 1. The Morgan fingerprint density at radius 2 is 2.00 bits per heavy atom. The van der Waals surface area contributed by atoms with E-state index in [1.165, 1.54) is 19.2 Å². The smallest absolute Gasteiger partial charge is 0.243 e. The highest BCUT2D eigenvalue weighted by Crippen LogP contribution is 2.31. The molecule has 142 valence electrons. The molecule has 0 saturated carbocycles. The minimum atomic E-state index is -3.81. The Bertz CT molecular complexity index is 963. The van der Waals surface area contributed by atoms with E-state index in [0.717, 1.165) is 9.87 Å². The van der Waals surface area contributed by atoms with Gasteiger partial charge in [0.2, 0.25) is 15.9 Å². The van der Waals surface area contributed by atoms with Gasteiger partial charge in [0.1, 0.15) is 12.3 Å². The summed E-state index contributed by atoms with van der Waals surface area (Å²) >= 11 is 5.98. The normalized spacial score (nSPS) is 19.7. The van der Waals surface area contributed by atoms with Crippen LogP contribution in [0.5, 0.6) is 0 Å². The van der Waals surface area contributed by atoms with Crippen LogP contribution < -0.4 is 5.32 Å². The summed E-state index contributed by atoms with van der Waals surface area (Å²) in [6.07, 6.45) is 1.18. The van der Waals surface area contributed by atoms with E-state index in [2.05, 4.69) is 5.32 Å². The number of likely N-dealkylation sites (N-methyl/N-ethyl adjacent to an activating group) is 1. The molecule has 1 unspecified atom stereocenters. The predicted octanol–water partition coefficient (Wildman–Crippen LogP) is 1.81. The summed E-state index contributed by atoms with van der Waals surface area (Å²) in [6, 6.07) is 12.1. The van der Waals surface area contributed by atoms with Gasteiger partial charge in [0.05, 0.1) is 10.9 Å². The molecule has 8 heteroatoms. The van der Waals surface area contributed by atoms with E-state index in [-0.39, 0.29) is 11.3 Å². The van der Waals surface area contributed by atoms with Crippen LogP contribution in [-0.2, 0) is 32.5 Å². The summed E-state index contributed by atoms with van der Waals surface area (Å²) in [7, 11) is -2.44. The van der Waals surface area contributed by atoms with Gasteiger partial charge in [-0.05, 0) is 42.2 Å². The van der Waals surface area contributed by atoms with E-state index in [1.54, 1.807) is 6.07 Å². The number of sulfonamides is 1. The van der Waals surface area contributed by atoms with Crippen molar-refractivity contribution in [3.05, 3.63) is 64.7 Å². The number of nitrogens with zero attached hydrogens (tertiary/aromatic N) is 1. The number of hydrogen-bond acceptors (Lipinski definition) is 4. The summed E-state index contributed by atoms with van der Waals surface area (Å²) in [5.41, 5.74) is 1.39. The third kappa shape index (κ3) is 4.05. The molecule has 0 bridgehead atoms. The average Bonchev–Trinajstić information content (AvgIpc) is 2.64. The zero-order chi connectivity index (χ0) is 19.6. The predicted molar refractivity (Wildman–Crippen MR) is 102 cm³/mol. The Morgan fingerprint density at radius 3 is 2.67 bits per heavy atom. The first-order valence-corrected chi connectivity index (χ1v) is 10.2. The molecule has 1 N–H and O–H groups in total. The van der Waals surface area contributed by atoms with E-state index < -0.39 is 28.0 Å². The highest BCUT2D eigenvalue weighted by Gasteiger charge is 2.39. The summed E-state index contributed by atoms with van der Waals surface area (Å²) in [6.45, 7) is 0. The number of amides is 1. The lowest BCUT2D eigenvalue weighted by atomic mass is 10.0. The third-order valence-corrected chi connectivity index (χ3v) is 6.83. The van der Waals surface area contributed by atoms with Gasteiger partial charge in [-0.1, -0.05) is 41.9 Å². The van der Waals surface area contributed by atoms with Gasteiger partial charge in [-0.2, -0.15) is 4.31 Å². The van der Waals surface area contributed by atoms with Gasteiger partial charge in [0.15, 0.2) is 0 Å². The minimum absolute atomic E-state index is 0.148. The first-order valence-electron chi connectivity index (χ1n) is 8.39. The van der Waals surface area contributed by atoms with Crippen LogP contribution in [0.3, 0.4) is 0 Å². The van der Waals surface area contributed by atoms with Crippen molar-refractivity contribution in [3.63, 3.8) is 0 Å². The lowest BCUT2D eigenvalue weighted by molar-refractivity contribution is -0.127. The highest BCUT2D eigenvalue weighted by molar-refractivity contribution is 7.89. The van der Waals surface area contributed by atoms with Crippen LogP contribution in [0.25, 0.3) is 0 Å². The number of rotatable bonds is 5. The topological polar surface area (TPSA) is 83.6 Å². The Balaban J connectivity index is 1.81. The van der Waals surface area contributed by atoms with Crippen molar-refractivity contribution >= 4 is 33.8 Å². The van der Waals surface area contributed by atoms with Crippen molar-refractivity contribution in [2.45, 2.75) is 29.8 Å². The molecule has 0 saturated heterocycles. The van der Waals surface area contributed by atoms with Crippen LogP contribution in [-0.4, -0.2) is 44.0 Å². The fourth-order valence-electron chi connectivity index (χ4n) is 3.16. The first-order chi connectivity index (χ1) is 12.8. The molecule has 2 atom stereocenters. The Kier molecular flexibility index (Phi) is 5.64. The minimum Gasteiger partial charge on any atom is -0.345 e. The van der Waals surface area contributed by atoms with Crippen LogP contribution in [0, 0.1) is 0 Å². The molecular formula is C19H19ClN2O4S. The Labute approximate surface area is 163 Å². The highest BCUT2D eigenvalue weighted by atomic mass is 35.5. The molecule has 1 aliphatic heterocycles. The van der Waals surface area contributed by atoms with Crippen molar-refractivity contribution in [3.8, 4) is 0 Å². The lowest BCUT2D eigenvalue weighted by Gasteiger charge is -2.33. The molecule has 0 fully saturated rings. The molecule has 2 aromatic rings. The average molecular weight is 407 g/mol. The molecule has 1 amide bonds. The van der Waals surface area contributed by atoms with Crippen molar-refractivity contribution in [1.29, 1.82) is 0 Å². The van der Waals surface area contributed by atoms with Crippen molar-refractivity contribution in [2.75, 3.05) is 7.05 Å². The largest absolute Gasteiger partial charge is 0.345 e. The summed E-state index contributed by atoms with van der Waals surface area (Å²) < 4.78 is 26.5.